The first-order chi connectivity index (χ1) is 9.12. The number of halogens is 1. The minimum absolute atomic E-state index is 0.0139. The summed E-state index contributed by atoms with van der Waals surface area (Å²) in [5, 5.41) is 12.9. The molecular formula is C15H24BrNOS. The molecule has 0 aliphatic heterocycles. The quantitative estimate of drug-likeness (QED) is 0.839. The van der Waals surface area contributed by atoms with Gasteiger partial charge >= 0.3 is 0 Å². The van der Waals surface area contributed by atoms with Crippen molar-refractivity contribution in [1.29, 1.82) is 0 Å². The molecule has 1 heterocycles. The lowest BCUT2D eigenvalue weighted by molar-refractivity contribution is -0.0240. The molecule has 2 rings (SSSR count). The van der Waals surface area contributed by atoms with Crippen molar-refractivity contribution in [2.24, 2.45) is 0 Å². The van der Waals surface area contributed by atoms with Gasteiger partial charge in [-0.15, -0.1) is 11.3 Å². The summed E-state index contributed by atoms with van der Waals surface area (Å²) < 4.78 is 1.13. The molecule has 1 unspecified atom stereocenters. The third kappa shape index (κ3) is 3.23. The number of hydrogen-bond donors (Lipinski definition) is 1. The fraction of sp³-hybridized carbons (Fsp3) is 0.733. The van der Waals surface area contributed by atoms with Crippen LogP contribution >= 0.6 is 27.3 Å². The first kappa shape index (κ1) is 15.5. The first-order valence-corrected chi connectivity index (χ1v) is 8.95. The second-order valence-electron chi connectivity index (χ2n) is 5.43. The van der Waals surface area contributed by atoms with E-state index < -0.39 is 0 Å². The molecule has 19 heavy (non-hydrogen) atoms. The number of aliphatic hydroxyl groups excluding tert-OH is 1. The second-order valence-corrected chi connectivity index (χ2v) is 7.35. The summed E-state index contributed by atoms with van der Waals surface area (Å²) in [6.45, 7) is 6.47. The highest BCUT2D eigenvalue weighted by Gasteiger charge is 2.44. The van der Waals surface area contributed by atoms with Crippen molar-refractivity contribution in [3.63, 3.8) is 0 Å². The number of thiophene rings is 1. The van der Waals surface area contributed by atoms with E-state index in [1.165, 1.54) is 17.7 Å². The maximum atomic E-state index is 10.8. The zero-order valence-electron chi connectivity index (χ0n) is 11.9. The predicted octanol–water partition coefficient (Wildman–Crippen LogP) is 4.07. The zero-order chi connectivity index (χ0) is 13.9. The molecule has 1 fully saturated rings. The fourth-order valence-corrected chi connectivity index (χ4v) is 5.03. The summed E-state index contributed by atoms with van der Waals surface area (Å²) in [5.74, 6) is 0. The first-order valence-electron chi connectivity index (χ1n) is 7.28. The van der Waals surface area contributed by atoms with Gasteiger partial charge in [-0.2, -0.15) is 0 Å². The van der Waals surface area contributed by atoms with Gasteiger partial charge in [-0.1, -0.05) is 26.7 Å². The molecule has 1 saturated carbocycles. The topological polar surface area (TPSA) is 23.5 Å². The van der Waals surface area contributed by atoms with E-state index in [-0.39, 0.29) is 11.6 Å². The zero-order valence-corrected chi connectivity index (χ0v) is 14.3. The van der Waals surface area contributed by atoms with Crippen molar-refractivity contribution in [2.75, 3.05) is 13.1 Å². The summed E-state index contributed by atoms with van der Waals surface area (Å²) in [6.07, 6.45) is 5.32. The predicted molar refractivity (Wildman–Crippen MR) is 85.8 cm³/mol. The van der Waals surface area contributed by atoms with Gasteiger partial charge in [-0.3, -0.25) is 4.90 Å². The Morgan fingerprint density at radius 3 is 2.47 bits per heavy atom. The van der Waals surface area contributed by atoms with Crippen LogP contribution in [0.1, 0.15) is 44.4 Å². The number of nitrogens with zero attached hydrogens (tertiary/aromatic N) is 1. The van der Waals surface area contributed by atoms with E-state index in [1.807, 2.05) is 0 Å². The lowest BCUT2D eigenvalue weighted by Gasteiger charge is -2.44. The average molecular weight is 346 g/mol. The summed E-state index contributed by atoms with van der Waals surface area (Å²) in [4.78, 5) is 3.76. The molecule has 1 aliphatic carbocycles. The van der Waals surface area contributed by atoms with Crippen molar-refractivity contribution in [3.8, 4) is 0 Å². The highest BCUT2D eigenvalue weighted by Crippen LogP contribution is 2.39. The third-order valence-electron chi connectivity index (χ3n) is 4.50. The Hall–Kier alpha value is 0.1000. The van der Waals surface area contributed by atoms with Crippen molar-refractivity contribution in [3.05, 3.63) is 20.8 Å². The summed E-state index contributed by atoms with van der Waals surface area (Å²) in [5.41, 5.74) is 0.0139. The molecule has 1 aromatic rings. The van der Waals surface area contributed by atoms with Gasteiger partial charge in [0.05, 0.1) is 6.10 Å². The molecule has 1 aliphatic rings. The Kier molecular flexibility index (Phi) is 5.46. The monoisotopic (exact) mass is 345 g/mol. The van der Waals surface area contributed by atoms with Crippen LogP contribution in [0.3, 0.4) is 0 Å². The molecule has 0 amide bonds. The van der Waals surface area contributed by atoms with E-state index in [2.05, 4.69) is 46.1 Å². The number of aliphatic hydroxyl groups is 1. The Morgan fingerprint density at radius 1 is 1.37 bits per heavy atom. The van der Waals surface area contributed by atoms with E-state index in [0.29, 0.717) is 0 Å². The van der Waals surface area contributed by atoms with Crippen LogP contribution in [-0.2, 0) is 6.42 Å². The number of likely N-dealkylation sites (N-methyl/N-ethyl adjacent to an activating group) is 1. The van der Waals surface area contributed by atoms with Crippen LogP contribution in [0.5, 0.6) is 0 Å². The summed E-state index contributed by atoms with van der Waals surface area (Å²) >= 11 is 5.23. The standard InChI is InChI=1S/C15H24BrNOS/c1-3-17(4-2)15(7-5-6-8-15)14(18)10-13-9-12(16)11-19-13/h9,11,14,18H,3-8,10H2,1-2H3. The lowest BCUT2D eigenvalue weighted by Crippen LogP contribution is -2.55. The molecule has 0 spiro atoms. The molecule has 1 N–H and O–H groups in total. The van der Waals surface area contributed by atoms with Gasteiger partial charge < -0.3 is 5.11 Å². The van der Waals surface area contributed by atoms with Gasteiger partial charge in [0, 0.05) is 26.7 Å². The minimum atomic E-state index is -0.250. The third-order valence-corrected chi connectivity index (χ3v) is 6.22. The van der Waals surface area contributed by atoms with Crippen molar-refractivity contribution >= 4 is 27.3 Å². The Bertz CT molecular complexity index is 397. The van der Waals surface area contributed by atoms with Crippen molar-refractivity contribution in [1.82, 2.24) is 4.90 Å². The summed E-state index contributed by atoms with van der Waals surface area (Å²) in [6, 6.07) is 2.14. The Balaban J connectivity index is 2.14. The normalized spacial score (nSPS) is 20.1. The van der Waals surface area contributed by atoms with Crippen molar-refractivity contribution < 1.29 is 5.11 Å². The van der Waals surface area contributed by atoms with E-state index >= 15 is 0 Å². The van der Waals surface area contributed by atoms with Crippen LogP contribution in [0.4, 0.5) is 0 Å². The highest BCUT2D eigenvalue weighted by molar-refractivity contribution is 9.10. The molecule has 0 radical (unpaired) electrons. The van der Waals surface area contributed by atoms with Crippen LogP contribution < -0.4 is 0 Å². The maximum Gasteiger partial charge on any atom is 0.0771 e. The number of hydrogen-bond acceptors (Lipinski definition) is 3. The van der Waals surface area contributed by atoms with Crippen LogP contribution in [-0.4, -0.2) is 34.7 Å². The molecule has 0 saturated heterocycles. The van der Waals surface area contributed by atoms with Crippen LogP contribution in [0.2, 0.25) is 0 Å². The van der Waals surface area contributed by atoms with E-state index in [9.17, 15) is 5.11 Å². The van der Waals surface area contributed by atoms with Gasteiger partial charge in [-0.25, -0.2) is 0 Å². The molecule has 1 atom stereocenters. The molecule has 108 valence electrons. The lowest BCUT2D eigenvalue weighted by atomic mass is 9.86. The highest BCUT2D eigenvalue weighted by atomic mass is 79.9. The molecule has 0 bridgehead atoms. The van der Waals surface area contributed by atoms with Gasteiger partial charge in [0.25, 0.3) is 0 Å². The molecular weight excluding hydrogens is 322 g/mol. The van der Waals surface area contributed by atoms with Gasteiger partial charge in [-0.05, 0) is 47.9 Å². The fourth-order valence-electron chi connectivity index (χ4n) is 3.54. The largest absolute Gasteiger partial charge is 0.391 e. The second kappa shape index (κ2) is 6.70. The van der Waals surface area contributed by atoms with Gasteiger partial charge in [0.2, 0.25) is 0 Å². The Labute approximate surface area is 129 Å². The van der Waals surface area contributed by atoms with Crippen molar-refractivity contribution in [2.45, 2.75) is 57.6 Å². The van der Waals surface area contributed by atoms with Gasteiger partial charge in [0.15, 0.2) is 0 Å². The average Bonchev–Trinajstić information content (AvgIpc) is 3.01. The van der Waals surface area contributed by atoms with E-state index in [0.717, 1.165) is 36.8 Å². The van der Waals surface area contributed by atoms with E-state index in [4.69, 9.17) is 0 Å². The van der Waals surface area contributed by atoms with Gasteiger partial charge in [0.1, 0.15) is 0 Å². The maximum absolute atomic E-state index is 10.8. The molecule has 0 aromatic carbocycles. The Morgan fingerprint density at radius 2 is 2.00 bits per heavy atom. The smallest absolute Gasteiger partial charge is 0.0771 e. The SMILES string of the molecule is CCN(CC)C1(C(O)Cc2cc(Br)cs2)CCCC1. The molecule has 1 aromatic heterocycles. The summed E-state index contributed by atoms with van der Waals surface area (Å²) in [7, 11) is 0. The molecule has 4 heteroatoms. The number of rotatable bonds is 6. The minimum Gasteiger partial charge on any atom is -0.391 e. The van der Waals surface area contributed by atoms with Crippen LogP contribution in [0.15, 0.2) is 15.9 Å². The van der Waals surface area contributed by atoms with E-state index in [1.54, 1.807) is 11.3 Å². The molecule has 2 nitrogen and oxygen atoms in total. The van der Waals surface area contributed by atoms with Crippen LogP contribution in [0, 0.1) is 0 Å². The van der Waals surface area contributed by atoms with Crippen LogP contribution in [0.25, 0.3) is 0 Å².